The van der Waals surface area contributed by atoms with Gasteiger partial charge in [-0.05, 0) is 53.8 Å². The van der Waals surface area contributed by atoms with Gasteiger partial charge in [0.05, 0.1) is 42.6 Å². The van der Waals surface area contributed by atoms with E-state index in [-0.39, 0.29) is 10.6 Å². The number of nitro groups is 1. The molecule has 2 aliphatic heterocycles. The van der Waals surface area contributed by atoms with E-state index in [1.807, 2.05) is 53.1 Å². The molecule has 0 unspecified atom stereocenters. The van der Waals surface area contributed by atoms with E-state index in [9.17, 15) is 15.4 Å². The van der Waals surface area contributed by atoms with Crippen molar-refractivity contribution in [1.29, 1.82) is 5.26 Å². The zero-order valence-corrected chi connectivity index (χ0v) is 23.2. The molecular weight excluding hydrogens is 534 g/mol. The number of allylic oxidation sites excluding steroid dienone is 4. The number of non-ortho nitro benzene ring substituents is 1. The molecule has 0 amide bonds. The van der Waals surface area contributed by atoms with Crippen molar-refractivity contribution in [3.8, 4) is 11.8 Å². The van der Waals surface area contributed by atoms with Gasteiger partial charge in [0.25, 0.3) is 5.69 Å². The summed E-state index contributed by atoms with van der Waals surface area (Å²) >= 11 is 0. The third kappa shape index (κ3) is 5.68. The average molecular weight is 566 g/mol. The van der Waals surface area contributed by atoms with Crippen LogP contribution in [0.3, 0.4) is 0 Å². The zero-order valence-electron chi connectivity index (χ0n) is 23.2. The number of aromatic nitrogens is 3. The maximum Gasteiger partial charge on any atom is 0.270 e. The highest BCUT2D eigenvalue weighted by molar-refractivity contribution is 5.78. The monoisotopic (exact) mass is 565 g/mol. The van der Waals surface area contributed by atoms with Gasteiger partial charge in [-0.2, -0.15) is 5.26 Å². The fourth-order valence-electron chi connectivity index (χ4n) is 5.67. The number of nitro benzene ring substituents is 1. The van der Waals surface area contributed by atoms with Crippen LogP contribution in [0.1, 0.15) is 24.2 Å². The van der Waals surface area contributed by atoms with Crippen molar-refractivity contribution in [3.05, 3.63) is 99.0 Å². The molecular formula is C31H31N7O4. The summed E-state index contributed by atoms with van der Waals surface area (Å²) in [6.07, 6.45) is 5.44. The topological polar surface area (TPSA) is 123 Å². The van der Waals surface area contributed by atoms with E-state index in [0.717, 1.165) is 54.0 Å². The lowest BCUT2D eigenvalue weighted by Gasteiger charge is -2.31. The highest BCUT2D eigenvalue weighted by Crippen LogP contribution is 2.38. The summed E-state index contributed by atoms with van der Waals surface area (Å²) in [7, 11) is 0. The first-order valence-electron chi connectivity index (χ1n) is 14.1. The summed E-state index contributed by atoms with van der Waals surface area (Å²) < 4.78 is 13.1. The second-order valence-electron chi connectivity index (χ2n) is 10.3. The van der Waals surface area contributed by atoms with Gasteiger partial charge in [-0.3, -0.25) is 14.7 Å². The number of ether oxygens (including phenoxy) is 2. The molecule has 0 bridgehead atoms. The quantitative estimate of drug-likeness (QED) is 0.233. The molecule has 2 fully saturated rings. The molecule has 0 radical (unpaired) electrons. The zero-order chi connectivity index (χ0) is 28.9. The molecule has 0 N–H and O–H groups in total. The number of anilines is 1. The van der Waals surface area contributed by atoms with Crippen molar-refractivity contribution >= 4 is 23.3 Å². The molecule has 1 aromatic heterocycles. The molecule has 214 valence electrons. The molecule has 6 rings (SSSR count). The Morgan fingerprint density at radius 3 is 2.33 bits per heavy atom. The number of nitriles is 1. The van der Waals surface area contributed by atoms with Gasteiger partial charge in [0.2, 0.25) is 5.95 Å². The summed E-state index contributed by atoms with van der Waals surface area (Å²) in [6, 6.07) is 18.9. The Morgan fingerprint density at radius 2 is 1.64 bits per heavy atom. The molecule has 0 atom stereocenters. The van der Waals surface area contributed by atoms with Gasteiger partial charge in [-0.15, -0.1) is 10.2 Å². The maximum atomic E-state index is 11.4. The molecule has 0 saturated carbocycles. The Balaban J connectivity index is 1.45. The predicted octanol–water partition coefficient (Wildman–Crippen LogP) is 4.38. The van der Waals surface area contributed by atoms with E-state index >= 15 is 0 Å². The summed E-state index contributed by atoms with van der Waals surface area (Å²) in [5.41, 5.74) is 5.29. The molecule has 3 aliphatic rings. The van der Waals surface area contributed by atoms with Crippen LogP contribution in [0.25, 0.3) is 17.3 Å². The predicted molar refractivity (Wildman–Crippen MR) is 158 cm³/mol. The van der Waals surface area contributed by atoms with Crippen molar-refractivity contribution in [2.45, 2.75) is 12.8 Å². The van der Waals surface area contributed by atoms with Gasteiger partial charge in [-0.1, -0.05) is 30.3 Å². The van der Waals surface area contributed by atoms with Crippen LogP contribution in [0, 0.1) is 21.4 Å². The minimum absolute atomic E-state index is 0.0578. The van der Waals surface area contributed by atoms with Crippen molar-refractivity contribution in [1.82, 2.24) is 19.7 Å². The van der Waals surface area contributed by atoms with Crippen molar-refractivity contribution in [2.75, 3.05) is 57.5 Å². The van der Waals surface area contributed by atoms with E-state index in [1.54, 1.807) is 12.1 Å². The molecule has 11 heteroatoms. The summed E-state index contributed by atoms with van der Waals surface area (Å²) in [6.45, 7) is 5.26. The highest BCUT2D eigenvalue weighted by atomic mass is 16.6. The van der Waals surface area contributed by atoms with Gasteiger partial charge in [0.15, 0.2) is 5.82 Å². The Kier molecular flexibility index (Phi) is 8.07. The molecule has 1 aliphatic carbocycles. The SMILES string of the molecule is N#C/C(=C\C1=C(N2CCOCC2)C(=C/c2cccc([N+](=O)[O-])c2)/CC1)c1nnc(N2CCOCC2)n1-c1ccccc1. The third-order valence-electron chi connectivity index (χ3n) is 7.66. The molecule has 11 nitrogen and oxygen atoms in total. The fourth-order valence-corrected chi connectivity index (χ4v) is 5.67. The number of hydrogen-bond acceptors (Lipinski definition) is 9. The van der Waals surface area contributed by atoms with Gasteiger partial charge in [-0.25, -0.2) is 0 Å². The van der Waals surface area contributed by atoms with Gasteiger partial charge < -0.3 is 19.3 Å². The number of rotatable bonds is 7. The maximum absolute atomic E-state index is 11.4. The number of morpholine rings is 2. The van der Waals surface area contributed by atoms with Crippen LogP contribution in [-0.4, -0.2) is 77.2 Å². The van der Waals surface area contributed by atoms with Crippen LogP contribution in [-0.2, 0) is 9.47 Å². The summed E-state index contributed by atoms with van der Waals surface area (Å²) in [5, 5.41) is 30.9. The molecule has 0 spiro atoms. The molecule has 2 aromatic carbocycles. The number of hydrogen-bond donors (Lipinski definition) is 0. The highest BCUT2D eigenvalue weighted by Gasteiger charge is 2.28. The van der Waals surface area contributed by atoms with Crippen LogP contribution in [0.4, 0.5) is 11.6 Å². The van der Waals surface area contributed by atoms with Crippen LogP contribution in [0.15, 0.2) is 77.5 Å². The number of nitrogens with zero attached hydrogens (tertiary/aromatic N) is 7. The standard InChI is InChI=1S/C31H31N7O4/c32-22-26(30-33-34-31(36-13-17-42-18-14-36)37(30)27-6-2-1-3-7-27)21-25-10-9-24(29(25)35-11-15-41-16-12-35)19-23-5-4-8-28(20-23)38(39)40/h1-8,19-21H,9-18H2/b24-19+,26-21+. The second kappa shape index (κ2) is 12.4. The van der Waals surface area contributed by atoms with E-state index in [4.69, 9.17) is 9.47 Å². The average Bonchev–Trinajstić information content (AvgIpc) is 3.65. The molecule has 42 heavy (non-hydrogen) atoms. The summed E-state index contributed by atoms with van der Waals surface area (Å²) in [5.74, 6) is 1.16. The molecule has 2 saturated heterocycles. The lowest BCUT2D eigenvalue weighted by atomic mass is 10.1. The minimum atomic E-state index is -0.378. The molecule has 3 aromatic rings. The smallest absolute Gasteiger partial charge is 0.270 e. The van der Waals surface area contributed by atoms with Gasteiger partial charge in [0, 0.05) is 44.0 Å². The lowest BCUT2D eigenvalue weighted by Crippen LogP contribution is -2.38. The summed E-state index contributed by atoms with van der Waals surface area (Å²) in [4.78, 5) is 15.4. The van der Waals surface area contributed by atoms with Crippen LogP contribution in [0.5, 0.6) is 0 Å². The second-order valence-corrected chi connectivity index (χ2v) is 10.3. The van der Waals surface area contributed by atoms with Crippen molar-refractivity contribution in [3.63, 3.8) is 0 Å². The lowest BCUT2D eigenvalue weighted by molar-refractivity contribution is -0.384. The largest absolute Gasteiger partial charge is 0.378 e. The Morgan fingerprint density at radius 1 is 0.929 bits per heavy atom. The van der Waals surface area contributed by atoms with Crippen LogP contribution in [0.2, 0.25) is 0 Å². The van der Waals surface area contributed by atoms with Crippen molar-refractivity contribution < 1.29 is 14.4 Å². The van der Waals surface area contributed by atoms with Gasteiger partial charge >= 0.3 is 0 Å². The first-order chi connectivity index (χ1) is 20.6. The molecule has 3 heterocycles. The minimum Gasteiger partial charge on any atom is -0.378 e. The van der Waals surface area contributed by atoms with Crippen molar-refractivity contribution in [2.24, 2.45) is 0 Å². The first-order valence-corrected chi connectivity index (χ1v) is 14.1. The number of para-hydroxylation sites is 1. The fraction of sp³-hybridized carbons (Fsp3) is 0.323. The first kappa shape index (κ1) is 27.4. The van der Waals surface area contributed by atoms with Crippen LogP contribution < -0.4 is 4.90 Å². The van der Waals surface area contributed by atoms with Gasteiger partial charge in [0.1, 0.15) is 6.07 Å². The van der Waals surface area contributed by atoms with E-state index in [0.29, 0.717) is 56.9 Å². The van der Waals surface area contributed by atoms with E-state index in [2.05, 4.69) is 26.1 Å². The Hall–Kier alpha value is -4.79. The Labute approximate surface area is 243 Å². The van der Waals surface area contributed by atoms with E-state index in [1.165, 1.54) is 6.07 Å². The van der Waals surface area contributed by atoms with E-state index < -0.39 is 0 Å². The number of benzene rings is 2. The Bertz CT molecular complexity index is 1590. The van der Waals surface area contributed by atoms with Crippen LogP contribution >= 0.6 is 0 Å². The third-order valence-corrected chi connectivity index (χ3v) is 7.66. The normalized spacial score (nSPS) is 18.9.